The molecule has 0 bridgehead atoms. The summed E-state index contributed by atoms with van der Waals surface area (Å²) < 4.78 is 7.10. The molecule has 0 aliphatic rings. The molecular weight excluding hydrogens is 292 g/mol. The van der Waals surface area contributed by atoms with Crippen LogP contribution in [-0.2, 0) is 0 Å². The minimum Gasteiger partial charge on any atom is -0.339 e. The van der Waals surface area contributed by atoms with Gasteiger partial charge in [0.2, 0.25) is 11.7 Å². The van der Waals surface area contributed by atoms with Crippen molar-refractivity contribution in [3.05, 3.63) is 41.7 Å². The van der Waals surface area contributed by atoms with Crippen LogP contribution in [0.5, 0.6) is 0 Å². The van der Waals surface area contributed by atoms with Gasteiger partial charge < -0.3 is 10.3 Å². The van der Waals surface area contributed by atoms with Crippen molar-refractivity contribution in [2.24, 2.45) is 5.73 Å². The number of aromatic nitrogens is 5. The van der Waals surface area contributed by atoms with Crippen LogP contribution in [0.4, 0.5) is 0 Å². The lowest BCUT2D eigenvalue weighted by Gasteiger charge is -2.09. The van der Waals surface area contributed by atoms with Crippen molar-refractivity contribution in [2.75, 3.05) is 0 Å². The van der Waals surface area contributed by atoms with Crippen molar-refractivity contribution in [1.82, 2.24) is 24.9 Å². The maximum Gasteiger partial charge on any atom is 0.231 e. The molecule has 23 heavy (non-hydrogen) atoms. The van der Waals surface area contributed by atoms with Gasteiger partial charge in [-0.15, -0.1) is 0 Å². The van der Waals surface area contributed by atoms with Gasteiger partial charge in [-0.25, -0.2) is 9.67 Å². The zero-order valence-electron chi connectivity index (χ0n) is 13.7. The second kappa shape index (κ2) is 5.92. The van der Waals surface area contributed by atoms with Gasteiger partial charge in [-0.3, -0.25) is 0 Å². The second-order valence-electron chi connectivity index (χ2n) is 5.85. The zero-order chi connectivity index (χ0) is 16.6. The maximum absolute atomic E-state index is 5.87. The molecule has 3 rings (SSSR count). The van der Waals surface area contributed by atoms with Gasteiger partial charge in [0.05, 0.1) is 11.6 Å². The van der Waals surface area contributed by atoms with Crippen molar-refractivity contribution >= 4 is 0 Å². The molecule has 0 aromatic carbocycles. The quantitative estimate of drug-likeness (QED) is 0.794. The Morgan fingerprint density at radius 1 is 1.22 bits per heavy atom. The van der Waals surface area contributed by atoms with Crippen LogP contribution in [0.3, 0.4) is 0 Å². The standard InChI is InChI=1S/C16H20N6O/c1-9-7-10(2)22(20-9)14-6-5-13(8-18-14)15-19-16(23-21-15)11(3)12(4)17/h5-8,11-12H,17H2,1-4H3. The normalized spacial score (nSPS) is 14.0. The van der Waals surface area contributed by atoms with Crippen molar-refractivity contribution in [3.63, 3.8) is 0 Å². The first-order valence-corrected chi connectivity index (χ1v) is 7.55. The van der Waals surface area contributed by atoms with E-state index < -0.39 is 0 Å². The van der Waals surface area contributed by atoms with Crippen LogP contribution in [0.2, 0.25) is 0 Å². The highest BCUT2D eigenvalue weighted by Gasteiger charge is 2.18. The number of hydrogen-bond acceptors (Lipinski definition) is 6. The predicted molar refractivity (Wildman–Crippen MR) is 86.2 cm³/mol. The molecule has 120 valence electrons. The summed E-state index contributed by atoms with van der Waals surface area (Å²) in [5, 5.41) is 8.43. The molecule has 0 aliphatic heterocycles. The van der Waals surface area contributed by atoms with Gasteiger partial charge in [0, 0.05) is 23.5 Å². The molecule has 0 amide bonds. The molecule has 3 heterocycles. The molecule has 7 heteroatoms. The Kier molecular flexibility index (Phi) is 3.96. The van der Waals surface area contributed by atoms with Crippen LogP contribution < -0.4 is 5.73 Å². The Hall–Kier alpha value is -2.54. The highest BCUT2D eigenvalue weighted by atomic mass is 16.5. The van der Waals surface area contributed by atoms with Crippen molar-refractivity contribution in [2.45, 2.75) is 39.7 Å². The van der Waals surface area contributed by atoms with E-state index in [0.717, 1.165) is 22.8 Å². The van der Waals surface area contributed by atoms with E-state index in [0.29, 0.717) is 11.7 Å². The Bertz CT molecular complexity index is 802. The first-order chi connectivity index (χ1) is 11.0. The van der Waals surface area contributed by atoms with E-state index in [1.807, 2.05) is 45.9 Å². The minimum atomic E-state index is -0.0465. The minimum absolute atomic E-state index is 0.0122. The van der Waals surface area contributed by atoms with E-state index in [1.54, 1.807) is 10.9 Å². The third kappa shape index (κ3) is 3.00. The van der Waals surface area contributed by atoms with Crippen LogP contribution in [0.15, 0.2) is 28.9 Å². The Morgan fingerprint density at radius 3 is 2.57 bits per heavy atom. The Balaban J connectivity index is 1.87. The smallest absolute Gasteiger partial charge is 0.231 e. The summed E-state index contributed by atoms with van der Waals surface area (Å²) in [4.78, 5) is 8.85. The van der Waals surface area contributed by atoms with Crippen molar-refractivity contribution < 1.29 is 4.52 Å². The molecule has 2 unspecified atom stereocenters. The van der Waals surface area contributed by atoms with Crippen LogP contribution in [0.25, 0.3) is 17.2 Å². The summed E-state index contributed by atoms with van der Waals surface area (Å²) in [7, 11) is 0. The predicted octanol–water partition coefficient (Wildman–Crippen LogP) is 2.38. The topological polar surface area (TPSA) is 95.7 Å². The molecule has 0 saturated heterocycles. The van der Waals surface area contributed by atoms with E-state index in [-0.39, 0.29) is 12.0 Å². The van der Waals surface area contributed by atoms with Gasteiger partial charge >= 0.3 is 0 Å². The number of hydrogen-bond donors (Lipinski definition) is 1. The SMILES string of the molecule is Cc1cc(C)n(-c2ccc(-c3noc(C(C)C(C)N)n3)cn2)n1. The van der Waals surface area contributed by atoms with Gasteiger partial charge in [0.25, 0.3) is 0 Å². The first kappa shape index (κ1) is 15.4. The van der Waals surface area contributed by atoms with Crippen LogP contribution in [-0.4, -0.2) is 30.9 Å². The van der Waals surface area contributed by atoms with Gasteiger partial charge in [-0.2, -0.15) is 10.1 Å². The lowest BCUT2D eigenvalue weighted by Crippen LogP contribution is -2.22. The molecule has 7 nitrogen and oxygen atoms in total. The third-order valence-corrected chi connectivity index (χ3v) is 3.85. The fraction of sp³-hybridized carbons (Fsp3) is 0.375. The molecule has 2 atom stereocenters. The number of aryl methyl sites for hydroxylation is 2. The number of rotatable bonds is 4. The van der Waals surface area contributed by atoms with Crippen molar-refractivity contribution in [1.29, 1.82) is 0 Å². The van der Waals surface area contributed by atoms with E-state index in [9.17, 15) is 0 Å². The summed E-state index contributed by atoms with van der Waals surface area (Å²) in [5.74, 6) is 1.82. The fourth-order valence-corrected chi connectivity index (χ4v) is 2.27. The second-order valence-corrected chi connectivity index (χ2v) is 5.85. The number of pyridine rings is 1. The monoisotopic (exact) mass is 312 g/mol. The molecule has 0 spiro atoms. The Morgan fingerprint density at radius 2 is 2.00 bits per heavy atom. The summed E-state index contributed by atoms with van der Waals surface area (Å²) in [5.41, 5.74) is 8.66. The van der Waals surface area contributed by atoms with Crippen LogP contribution in [0, 0.1) is 13.8 Å². The molecule has 0 fully saturated rings. The molecule has 3 aromatic heterocycles. The molecule has 0 radical (unpaired) electrons. The van der Waals surface area contributed by atoms with Gasteiger partial charge in [0.1, 0.15) is 0 Å². The van der Waals surface area contributed by atoms with Crippen LogP contribution in [0.1, 0.15) is 37.0 Å². The lowest BCUT2D eigenvalue weighted by atomic mass is 10.1. The summed E-state index contributed by atoms with van der Waals surface area (Å²) >= 11 is 0. The molecular formula is C16H20N6O. The first-order valence-electron chi connectivity index (χ1n) is 7.55. The maximum atomic E-state index is 5.87. The largest absolute Gasteiger partial charge is 0.339 e. The van der Waals surface area contributed by atoms with Gasteiger partial charge in [-0.05, 0) is 39.0 Å². The number of nitrogens with zero attached hydrogens (tertiary/aromatic N) is 5. The molecule has 0 saturated carbocycles. The van der Waals surface area contributed by atoms with Crippen LogP contribution >= 0.6 is 0 Å². The average Bonchev–Trinajstić information content (AvgIpc) is 3.13. The van der Waals surface area contributed by atoms with E-state index in [1.165, 1.54) is 0 Å². The Labute approximate surface area is 134 Å². The van der Waals surface area contributed by atoms with Gasteiger partial charge in [0.15, 0.2) is 5.82 Å². The third-order valence-electron chi connectivity index (χ3n) is 3.85. The van der Waals surface area contributed by atoms with Crippen molar-refractivity contribution in [3.8, 4) is 17.2 Å². The van der Waals surface area contributed by atoms with Gasteiger partial charge in [-0.1, -0.05) is 12.1 Å². The highest BCUT2D eigenvalue weighted by Crippen LogP contribution is 2.21. The molecule has 2 N–H and O–H groups in total. The summed E-state index contributed by atoms with van der Waals surface area (Å²) in [6.07, 6.45) is 1.72. The zero-order valence-corrected chi connectivity index (χ0v) is 13.7. The number of nitrogens with two attached hydrogens (primary N) is 1. The van der Waals surface area contributed by atoms with E-state index in [4.69, 9.17) is 10.3 Å². The summed E-state index contributed by atoms with van der Waals surface area (Å²) in [6, 6.07) is 5.76. The molecule has 3 aromatic rings. The molecule has 0 aliphatic carbocycles. The van der Waals surface area contributed by atoms with E-state index in [2.05, 4.69) is 20.2 Å². The van der Waals surface area contributed by atoms with E-state index >= 15 is 0 Å². The highest BCUT2D eigenvalue weighted by molar-refractivity contribution is 5.53. The lowest BCUT2D eigenvalue weighted by molar-refractivity contribution is 0.346. The fourth-order valence-electron chi connectivity index (χ4n) is 2.27. The average molecular weight is 312 g/mol. The summed E-state index contributed by atoms with van der Waals surface area (Å²) in [6.45, 7) is 7.83.